The van der Waals surface area contributed by atoms with Gasteiger partial charge in [0.1, 0.15) is 0 Å². The molecule has 1 amide bonds. The minimum Gasteiger partial charge on any atom is -0.352 e. The topological polar surface area (TPSA) is 55.1 Å². The molecule has 0 saturated heterocycles. The van der Waals surface area contributed by atoms with Gasteiger partial charge in [0.2, 0.25) is 5.91 Å². The van der Waals surface area contributed by atoms with E-state index in [0.29, 0.717) is 6.04 Å². The first kappa shape index (κ1) is 11.5. The van der Waals surface area contributed by atoms with E-state index in [0.717, 1.165) is 18.8 Å². The highest BCUT2D eigenvalue weighted by Gasteiger charge is 2.32. The van der Waals surface area contributed by atoms with Crippen LogP contribution in [0.5, 0.6) is 0 Å². The van der Waals surface area contributed by atoms with Crippen molar-refractivity contribution in [1.82, 2.24) is 5.32 Å². The van der Waals surface area contributed by atoms with Crippen LogP contribution in [0.2, 0.25) is 0 Å². The van der Waals surface area contributed by atoms with Gasteiger partial charge in [-0.15, -0.1) is 0 Å². The van der Waals surface area contributed by atoms with Crippen LogP contribution >= 0.6 is 0 Å². The Labute approximate surface area is 86.4 Å². The average molecular weight is 198 g/mol. The Kier molecular flexibility index (Phi) is 3.20. The van der Waals surface area contributed by atoms with Crippen molar-refractivity contribution in [2.75, 3.05) is 0 Å². The van der Waals surface area contributed by atoms with E-state index in [9.17, 15) is 4.79 Å². The second-order valence-electron chi connectivity index (χ2n) is 5.63. The monoisotopic (exact) mass is 198 g/mol. The lowest BCUT2D eigenvalue weighted by atomic mass is 9.81. The molecule has 3 nitrogen and oxygen atoms in total. The first-order valence-corrected chi connectivity index (χ1v) is 5.36. The standard InChI is InChI=1S/C11H22N2O/c1-7-5-8(6-7)13-10(14)9(12)11(2,3)4/h7-9H,5-6,12H2,1-4H3,(H,13,14)/t7?,8?,9-/m0/s1. The lowest BCUT2D eigenvalue weighted by Crippen LogP contribution is -2.53. The summed E-state index contributed by atoms with van der Waals surface area (Å²) in [6.45, 7) is 8.16. The van der Waals surface area contributed by atoms with Crippen LogP contribution in [0.25, 0.3) is 0 Å². The van der Waals surface area contributed by atoms with Crippen LogP contribution in [0.1, 0.15) is 40.5 Å². The summed E-state index contributed by atoms with van der Waals surface area (Å²) in [5.74, 6) is 0.751. The minimum atomic E-state index is -0.404. The maximum Gasteiger partial charge on any atom is 0.237 e. The molecule has 1 rings (SSSR count). The molecule has 1 aliphatic rings. The summed E-state index contributed by atoms with van der Waals surface area (Å²) in [6.07, 6.45) is 2.20. The fraction of sp³-hybridized carbons (Fsp3) is 0.909. The second-order valence-corrected chi connectivity index (χ2v) is 5.63. The van der Waals surface area contributed by atoms with Crippen molar-refractivity contribution in [3.63, 3.8) is 0 Å². The Morgan fingerprint density at radius 1 is 1.43 bits per heavy atom. The number of carbonyl (C=O) groups excluding carboxylic acids is 1. The predicted octanol–water partition coefficient (Wildman–Crippen LogP) is 1.27. The van der Waals surface area contributed by atoms with Crippen molar-refractivity contribution in [2.45, 2.75) is 52.6 Å². The van der Waals surface area contributed by atoms with Crippen molar-refractivity contribution in [2.24, 2.45) is 17.1 Å². The molecule has 3 N–H and O–H groups in total. The van der Waals surface area contributed by atoms with E-state index in [4.69, 9.17) is 5.73 Å². The molecular formula is C11H22N2O. The average Bonchev–Trinajstić information content (AvgIpc) is 1.98. The Hall–Kier alpha value is -0.570. The van der Waals surface area contributed by atoms with Gasteiger partial charge in [0.15, 0.2) is 0 Å². The first-order valence-electron chi connectivity index (χ1n) is 5.36. The molecule has 1 saturated carbocycles. The zero-order valence-electron chi connectivity index (χ0n) is 9.63. The first-order chi connectivity index (χ1) is 6.30. The SMILES string of the molecule is CC1CC(NC(=O)[C@H](N)C(C)(C)C)C1. The van der Waals surface area contributed by atoms with Gasteiger partial charge in [0, 0.05) is 6.04 Å². The summed E-state index contributed by atoms with van der Waals surface area (Å²) in [4.78, 5) is 11.7. The summed E-state index contributed by atoms with van der Waals surface area (Å²) in [5, 5.41) is 2.99. The third kappa shape index (κ3) is 2.71. The molecule has 0 unspecified atom stereocenters. The molecule has 1 fully saturated rings. The van der Waals surface area contributed by atoms with Crippen LogP contribution in [0.15, 0.2) is 0 Å². The molecule has 0 radical (unpaired) electrons. The summed E-state index contributed by atoms with van der Waals surface area (Å²) < 4.78 is 0. The highest BCUT2D eigenvalue weighted by atomic mass is 16.2. The zero-order chi connectivity index (χ0) is 10.9. The summed E-state index contributed by atoms with van der Waals surface area (Å²) >= 11 is 0. The smallest absolute Gasteiger partial charge is 0.237 e. The number of hydrogen-bond acceptors (Lipinski definition) is 2. The molecule has 0 bridgehead atoms. The molecule has 0 aromatic heterocycles. The molecule has 0 aromatic rings. The van der Waals surface area contributed by atoms with Gasteiger partial charge in [0.05, 0.1) is 6.04 Å². The van der Waals surface area contributed by atoms with E-state index < -0.39 is 6.04 Å². The Morgan fingerprint density at radius 3 is 2.29 bits per heavy atom. The molecule has 0 heterocycles. The molecule has 1 aliphatic carbocycles. The maximum atomic E-state index is 11.7. The third-order valence-electron chi connectivity index (χ3n) is 2.94. The van der Waals surface area contributed by atoms with E-state index in [1.54, 1.807) is 0 Å². The van der Waals surface area contributed by atoms with E-state index in [1.165, 1.54) is 0 Å². The number of nitrogens with one attached hydrogen (secondary N) is 1. The Balaban J connectivity index is 2.35. The van der Waals surface area contributed by atoms with E-state index >= 15 is 0 Å². The minimum absolute atomic E-state index is 0.00519. The summed E-state index contributed by atoms with van der Waals surface area (Å²) in [5.41, 5.74) is 5.69. The molecule has 0 aliphatic heterocycles. The van der Waals surface area contributed by atoms with Crippen LogP contribution in [0.3, 0.4) is 0 Å². The highest BCUT2D eigenvalue weighted by molar-refractivity contribution is 5.82. The van der Waals surface area contributed by atoms with Crippen molar-refractivity contribution in [3.05, 3.63) is 0 Å². The van der Waals surface area contributed by atoms with Gasteiger partial charge in [-0.05, 0) is 24.2 Å². The van der Waals surface area contributed by atoms with Crippen LogP contribution < -0.4 is 11.1 Å². The van der Waals surface area contributed by atoms with Gasteiger partial charge in [-0.1, -0.05) is 27.7 Å². The predicted molar refractivity (Wildman–Crippen MR) is 57.8 cm³/mol. The van der Waals surface area contributed by atoms with E-state index in [2.05, 4.69) is 12.2 Å². The lowest BCUT2D eigenvalue weighted by molar-refractivity contribution is -0.126. The highest BCUT2D eigenvalue weighted by Crippen LogP contribution is 2.27. The fourth-order valence-electron chi connectivity index (χ4n) is 1.70. The third-order valence-corrected chi connectivity index (χ3v) is 2.94. The lowest BCUT2D eigenvalue weighted by Gasteiger charge is -2.35. The number of amides is 1. The van der Waals surface area contributed by atoms with Gasteiger partial charge in [0.25, 0.3) is 0 Å². The number of carbonyl (C=O) groups is 1. The summed E-state index contributed by atoms with van der Waals surface area (Å²) in [7, 11) is 0. The Bertz CT molecular complexity index is 214. The van der Waals surface area contributed by atoms with Gasteiger partial charge in [-0.25, -0.2) is 0 Å². The van der Waals surface area contributed by atoms with Crippen molar-refractivity contribution < 1.29 is 4.79 Å². The van der Waals surface area contributed by atoms with Gasteiger partial charge in [-0.2, -0.15) is 0 Å². The van der Waals surface area contributed by atoms with Crippen LogP contribution in [0.4, 0.5) is 0 Å². The van der Waals surface area contributed by atoms with E-state index in [-0.39, 0.29) is 11.3 Å². The fourth-order valence-corrected chi connectivity index (χ4v) is 1.70. The van der Waals surface area contributed by atoms with Gasteiger partial charge < -0.3 is 11.1 Å². The maximum absolute atomic E-state index is 11.7. The molecular weight excluding hydrogens is 176 g/mol. The molecule has 0 spiro atoms. The quantitative estimate of drug-likeness (QED) is 0.702. The summed E-state index contributed by atoms with van der Waals surface area (Å²) in [6, 6.07) is -0.0377. The number of hydrogen-bond donors (Lipinski definition) is 2. The van der Waals surface area contributed by atoms with Gasteiger partial charge >= 0.3 is 0 Å². The normalized spacial score (nSPS) is 29.2. The van der Waals surface area contributed by atoms with Crippen LogP contribution in [0, 0.1) is 11.3 Å². The molecule has 14 heavy (non-hydrogen) atoms. The molecule has 0 aromatic carbocycles. The van der Waals surface area contributed by atoms with Crippen molar-refractivity contribution >= 4 is 5.91 Å². The van der Waals surface area contributed by atoms with Crippen molar-refractivity contribution in [1.29, 1.82) is 0 Å². The molecule has 1 atom stereocenters. The molecule has 3 heteroatoms. The number of rotatable bonds is 2. The van der Waals surface area contributed by atoms with E-state index in [1.807, 2.05) is 20.8 Å². The number of nitrogens with two attached hydrogens (primary N) is 1. The zero-order valence-corrected chi connectivity index (χ0v) is 9.63. The Morgan fingerprint density at radius 2 is 1.93 bits per heavy atom. The largest absolute Gasteiger partial charge is 0.352 e. The van der Waals surface area contributed by atoms with Gasteiger partial charge in [-0.3, -0.25) is 4.79 Å². The van der Waals surface area contributed by atoms with Crippen molar-refractivity contribution in [3.8, 4) is 0 Å². The van der Waals surface area contributed by atoms with Crippen LogP contribution in [-0.2, 0) is 4.79 Å². The molecule has 82 valence electrons. The van der Waals surface area contributed by atoms with Crippen LogP contribution in [-0.4, -0.2) is 18.0 Å². The second kappa shape index (κ2) is 3.89.